The van der Waals surface area contributed by atoms with E-state index >= 15 is 0 Å². The number of thioether (sulfide) groups is 1. The lowest BCUT2D eigenvalue weighted by molar-refractivity contribution is -0.115. The lowest BCUT2D eigenvalue weighted by atomic mass is 10.2. The van der Waals surface area contributed by atoms with Gasteiger partial charge in [0.25, 0.3) is 5.91 Å². The predicted molar refractivity (Wildman–Crippen MR) is 125 cm³/mol. The first-order valence-electron chi connectivity index (χ1n) is 9.13. The molecule has 0 radical (unpaired) electrons. The van der Waals surface area contributed by atoms with Crippen LogP contribution in [0.4, 0.5) is 11.4 Å². The molecule has 1 saturated heterocycles. The highest BCUT2D eigenvalue weighted by atomic mass is 35.5. The SMILES string of the molecule is CCS(=O)(=O)Nc1ccc(Cl)c(N=C2NC(=O)C(=Cc3ccc4nccnc4c3)S2)c1. The number of amides is 1. The summed E-state index contributed by atoms with van der Waals surface area (Å²) in [6, 6.07) is 10.1. The molecule has 0 saturated carbocycles. The van der Waals surface area contributed by atoms with Gasteiger partial charge in [0.05, 0.1) is 38.1 Å². The third-order valence-corrected chi connectivity index (χ3v) is 6.80. The van der Waals surface area contributed by atoms with Crippen LogP contribution in [0, 0.1) is 0 Å². The molecule has 1 fully saturated rings. The van der Waals surface area contributed by atoms with Crippen LogP contribution >= 0.6 is 23.4 Å². The van der Waals surface area contributed by atoms with Crippen LogP contribution in [0.5, 0.6) is 0 Å². The maximum absolute atomic E-state index is 12.4. The minimum absolute atomic E-state index is 0.0557. The molecule has 0 atom stereocenters. The number of halogens is 1. The highest BCUT2D eigenvalue weighted by Gasteiger charge is 2.24. The second kappa shape index (κ2) is 8.66. The Bertz CT molecular complexity index is 1360. The van der Waals surface area contributed by atoms with Gasteiger partial charge in [-0.3, -0.25) is 19.5 Å². The van der Waals surface area contributed by atoms with Gasteiger partial charge in [0.2, 0.25) is 10.0 Å². The van der Waals surface area contributed by atoms with Gasteiger partial charge in [-0.1, -0.05) is 17.7 Å². The van der Waals surface area contributed by atoms with E-state index in [2.05, 4.69) is 25.0 Å². The van der Waals surface area contributed by atoms with Crippen LogP contribution in [0.2, 0.25) is 5.02 Å². The van der Waals surface area contributed by atoms with Gasteiger partial charge >= 0.3 is 0 Å². The maximum atomic E-state index is 12.4. The van der Waals surface area contributed by atoms with Crippen LogP contribution < -0.4 is 10.0 Å². The second-order valence-corrected chi connectivity index (χ2v) is 9.91. The van der Waals surface area contributed by atoms with Crippen LogP contribution in [-0.4, -0.2) is 35.2 Å². The Hall–Kier alpha value is -2.95. The number of fused-ring (bicyclic) bond motifs is 1. The molecule has 0 aliphatic carbocycles. The van der Waals surface area contributed by atoms with Crippen molar-refractivity contribution < 1.29 is 13.2 Å². The summed E-state index contributed by atoms with van der Waals surface area (Å²) < 4.78 is 26.0. The minimum atomic E-state index is -3.43. The van der Waals surface area contributed by atoms with Crippen LogP contribution in [0.25, 0.3) is 17.1 Å². The number of hydrogen-bond donors (Lipinski definition) is 2. The zero-order valence-corrected chi connectivity index (χ0v) is 18.6. The number of carbonyl (C=O) groups excluding carboxylic acids is 1. The molecule has 2 N–H and O–H groups in total. The Balaban J connectivity index is 1.59. The molecule has 158 valence electrons. The number of aromatic nitrogens is 2. The highest BCUT2D eigenvalue weighted by molar-refractivity contribution is 8.18. The van der Waals surface area contributed by atoms with Gasteiger partial charge in [0, 0.05) is 12.4 Å². The number of amidine groups is 1. The summed E-state index contributed by atoms with van der Waals surface area (Å²) in [5, 5.41) is 3.36. The van der Waals surface area contributed by atoms with E-state index in [0.717, 1.165) is 28.4 Å². The van der Waals surface area contributed by atoms with E-state index < -0.39 is 10.0 Å². The van der Waals surface area contributed by atoms with E-state index in [0.29, 0.717) is 26.5 Å². The van der Waals surface area contributed by atoms with E-state index in [1.165, 1.54) is 6.07 Å². The van der Waals surface area contributed by atoms with Crippen LogP contribution in [0.15, 0.2) is 58.7 Å². The van der Waals surface area contributed by atoms with Crippen molar-refractivity contribution in [3.8, 4) is 0 Å². The minimum Gasteiger partial charge on any atom is -0.300 e. The van der Waals surface area contributed by atoms with Gasteiger partial charge in [-0.25, -0.2) is 13.4 Å². The number of aliphatic imine (C=N–C) groups is 1. The summed E-state index contributed by atoms with van der Waals surface area (Å²) in [6.07, 6.45) is 4.97. The normalized spacial score (nSPS) is 16.8. The summed E-state index contributed by atoms with van der Waals surface area (Å²) in [7, 11) is -3.43. The molecule has 0 spiro atoms. The van der Waals surface area contributed by atoms with Gasteiger partial charge in [-0.2, -0.15) is 0 Å². The van der Waals surface area contributed by atoms with Gasteiger partial charge in [0.15, 0.2) is 5.17 Å². The monoisotopic (exact) mass is 473 g/mol. The summed E-state index contributed by atoms with van der Waals surface area (Å²) in [4.78, 5) is 25.7. The molecule has 11 heteroatoms. The fraction of sp³-hybridized carbons (Fsp3) is 0.100. The third kappa shape index (κ3) is 5.04. The van der Waals surface area contributed by atoms with Crippen molar-refractivity contribution in [1.82, 2.24) is 15.3 Å². The van der Waals surface area contributed by atoms with Crippen molar-refractivity contribution in [1.29, 1.82) is 0 Å². The average Bonchev–Trinajstić information content (AvgIpc) is 3.09. The van der Waals surface area contributed by atoms with Gasteiger partial charge in [-0.05, 0) is 60.7 Å². The van der Waals surface area contributed by atoms with Gasteiger partial charge in [0.1, 0.15) is 0 Å². The summed E-state index contributed by atoms with van der Waals surface area (Å²) in [5.41, 5.74) is 2.98. The molecule has 0 bridgehead atoms. The Labute approximate surface area is 187 Å². The molecule has 1 aliphatic heterocycles. The molecule has 2 aromatic carbocycles. The number of rotatable bonds is 5. The number of nitrogens with one attached hydrogen (secondary N) is 2. The highest BCUT2D eigenvalue weighted by Crippen LogP contribution is 2.33. The fourth-order valence-corrected chi connectivity index (χ4v) is 4.35. The van der Waals surface area contributed by atoms with Crippen molar-refractivity contribution in [2.45, 2.75) is 6.92 Å². The summed E-state index contributed by atoms with van der Waals surface area (Å²) in [5.74, 6) is -0.346. The molecular weight excluding hydrogens is 458 g/mol. The van der Waals surface area contributed by atoms with E-state index in [9.17, 15) is 13.2 Å². The Morgan fingerprint density at radius 1 is 1.16 bits per heavy atom. The number of anilines is 1. The Kier molecular flexibility index (Phi) is 5.94. The lowest BCUT2D eigenvalue weighted by Gasteiger charge is -2.07. The number of carbonyl (C=O) groups is 1. The number of hydrogen-bond acceptors (Lipinski definition) is 7. The molecule has 4 rings (SSSR count). The Morgan fingerprint density at radius 3 is 2.71 bits per heavy atom. The van der Waals surface area contributed by atoms with E-state index in [-0.39, 0.29) is 11.7 Å². The zero-order valence-electron chi connectivity index (χ0n) is 16.2. The van der Waals surface area contributed by atoms with Crippen molar-refractivity contribution >= 4 is 72.9 Å². The molecule has 2 heterocycles. The molecule has 3 aromatic rings. The predicted octanol–water partition coefficient (Wildman–Crippen LogP) is 3.94. The fourth-order valence-electron chi connectivity index (χ4n) is 2.72. The Morgan fingerprint density at radius 2 is 1.94 bits per heavy atom. The molecule has 0 unspecified atom stereocenters. The quantitative estimate of drug-likeness (QED) is 0.542. The van der Waals surface area contributed by atoms with Gasteiger partial charge in [-0.15, -0.1) is 0 Å². The van der Waals surface area contributed by atoms with Crippen molar-refractivity contribution in [3.63, 3.8) is 0 Å². The van der Waals surface area contributed by atoms with Crippen molar-refractivity contribution in [3.05, 3.63) is 64.3 Å². The molecular formula is C20H16ClN5O3S2. The standard InChI is InChI=1S/C20H16ClN5O3S2/c1-2-31(28,29)26-13-4-5-14(21)16(11-13)24-20-25-19(27)18(30-20)10-12-3-6-15-17(9-12)23-8-7-22-15/h3-11,26H,2H2,1H3,(H,24,25,27). The summed E-state index contributed by atoms with van der Waals surface area (Å²) in [6.45, 7) is 1.54. The van der Waals surface area contributed by atoms with Gasteiger partial charge < -0.3 is 5.32 Å². The van der Waals surface area contributed by atoms with Crippen LogP contribution in [0.3, 0.4) is 0 Å². The van der Waals surface area contributed by atoms with Crippen LogP contribution in [0.1, 0.15) is 12.5 Å². The third-order valence-electron chi connectivity index (χ3n) is 4.26. The number of nitrogens with zero attached hydrogens (tertiary/aromatic N) is 3. The zero-order chi connectivity index (χ0) is 22.0. The van der Waals surface area contributed by atoms with Crippen molar-refractivity contribution in [2.75, 3.05) is 10.5 Å². The first-order chi connectivity index (χ1) is 14.8. The van der Waals surface area contributed by atoms with Crippen LogP contribution in [-0.2, 0) is 14.8 Å². The average molecular weight is 474 g/mol. The van der Waals surface area contributed by atoms with E-state index in [4.69, 9.17) is 11.6 Å². The largest absolute Gasteiger partial charge is 0.300 e. The molecule has 1 aromatic heterocycles. The molecule has 8 nitrogen and oxygen atoms in total. The molecule has 1 aliphatic rings. The second-order valence-electron chi connectivity index (χ2n) is 6.46. The number of sulfonamides is 1. The maximum Gasteiger partial charge on any atom is 0.264 e. The smallest absolute Gasteiger partial charge is 0.264 e. The van der Waals surface area contributed by atoms with E-state index in [1.54, 1.807) is 37.5 Å². The number of benzene rings is 2. The molecule has 1 amide bonds. The first kappa shape index (κ1) is 21.3. The summed E-state index contributed by atoms with van der Waals surface area (Å²) >= 11 is 7.37. The topological polar surface area (TPSA) is 113 Å². The molecule has 31 heavy (non-hydrogen) atoms. The first-order valence-corrected chi connectivity index (χ1v) is 12.0. The van der Waals surface area contributed by atoms with E-state index in [1.807, 2.05) is 18.2 Å². The van der Waals surface area contributed by atoms with Crippen molar-refractivity contribution in [2.24, 2.45) is 4.99 Å². The lowest BCUT2D eigenvalue weighted by Crippen LogP contribution is -2.19.